The molecule has 1 aliphatic heterocycles. The van der Waals surface area contributed by atoms with E-state index in [0.29, 0.717) is 18.1 Å². The van der Waals surface area contributed by atoms with Crippen LogP contribution in [0.1, 0.15) is 64.7 Å². The summed E-state index contributed by atoms with van der Waals surface area (Å²) in [6, 6.07) is 1.75. The van der Waals surface area contributed by atoms with Crippen LogP contribution in [0.25, 0.3) is 0 Å². The Kier molecular flexibility index (Phi) is 4.04. The van der Waals surface area contributed by atoms with Crippen molar-refractivity contribution in [2.45, 2.75) is 88.4 Å². The summed E-state index contributed by atoms with van der Waals surface area (Å²) in [4.78, 5) is 14.7. The summed E-state index contributed by atoms with van der Waals surface area (Å²) >= 11 is 0. The van der Waals surface area contributed by atoms with Gasteiger partial charge in [-0.3, -0.25) is 9.69 Å². The molecule has 0 aromatic rings. The molecule has 1 heterocycles. The lowest BCUT2D eigenvalue weighted by atomic mass is 9.95. The van der Waals surface area contributed by atoms with Gasteiger partial charge in [0.15, 0.2) is 0 Å². The molecule has 0 spiro atoms. The summed E-state index contributed by atoms with van der Waals surface area (Å²) < 4.78 is 0. The van der Waals surface area contributed by atoms with Gasteiger partial charge in [0, 0.05) is 18.1 Å². The van der Waals surface area contributed by atoms with Crippen LogP contribution < -0.4 is 11.1 Å². The zero-order valence-corrected chi connectivity index (χ0v) is 12.7. The van der Waals surface area contributed by atoms with Gasteiger partial charge >= 0.3 is 0 Å². The molecule has 3 rings (SSSR count). The van der Waals surface area contributed by atoms with Crippen LogP contribution in [0, 0.1) is 0 Å². The monoisotopic (exact) mass is 279 g/mol. The van der Waals surface area contributed by atoms with Crippen molar-refractivity contribution in [3.05, 3.63) is 0 Å². The molecule has 2 aliphatic carbocycles. The third kappa shape index (κ3) is 2.86. The molecule has 2 saturated carbocycles. The van der Waals surface area contributed by atoms with E-state index >= 15 is 0 Å². The van der Waals surface area contributed by atoms with E-state index < -0.39 is 5.54 Å². The van der Waals surface area contributed by atoms with Crippen LogP contribution in [0.15, 0.2) is 0 Å². The molecule has 0 aromatic carbocycles. The van der Waals surface area contributed by atoms with Crippen LogP contribution in [0.2, 0.25) is 0 Å². The van der Waals surface area contributed by atoms with Crippen molar-refractivity contribution < 1.29 is 4.79 Å². The van der Waals surface area contributed by atoms with E-state index in [1.165, 1.54) is 45.1 Å². The van der Waals surface area contributed by atoms with Crippen LogP contribution in [-0.4, -0.2) is 41.0 Å². The number of rotatable bonds is 4. The molecule has 0 radical (unpaired) electrons. The molecule has 114 valence electrons. The molecule has 3 N–H and O–H groups in total. The van der Waals surface area contributed by atoms with Gasteiger partial charge in [-0.15, -0.1) is 0 Å². The molecule has 0 bridgehead atoms. The van der Waals surface area contributed by atoms with E-state index in [1.54, 1.807) is 0 Å². The van der Waals surface area contributed by atoms with Crippen LogP contribution in [0.5, 0.6) is 0 Å². The van der Waals surface area contributed by atoms with Crippen molar-refractivity contribution in [2.24, 2.45) is 5.73 Å². The molecule has 3 aliphatic rings. The Morgan fingerprint density at radius 2 is 2.00 bits per heavy atom. The van der Waals surface area contributed by atoms with Crippen LogP contribution in [0.3, 0.4) is 0 Å². The number of carbonyl (C=O) groups is 1. The second-order valence-corrected chi connectivity index (χ2v) is 7.20. The zero-order chi connectivity index (χ0) is 14.2. The number of primary amides is 1. The summed E-state index contributed by atoms with van der Waals surface area (Å²) in [5.74, 6) is -0.130. The number of carbonyl (C=O) groups excluding carboxylic acids is 1. The first-order chi connectivity index (χ1) is 9.61. The number of amides is 1. The van der Waals surface area contributed by atoms with Crippen molar-refractivity contribution in [1.82, 2.24) is 10.2 Å². The molecule has 0 aromatic heterocycles. The number of hydrogen-bond donors (Lipinski definition) is 2. The lowest BCUT2D eigenvalue weighted by Gasteiger charge is -2.35. The minimum atomic E-state index is -0.419. The largest absolute Gasteiger partial charge is 0.368 e. The highest BCUT2D eigenvalue weighted by molar-refractivity contribution is 5.85. The lowest BCUT2D eigenvalue weighted by Crippen LogP contribution is -2.55. The molecule has 4 heteroatoms. The maximum absolute atomic E-state index is 12.0. The van der Waals surface area contributed by atoms with Gasteiger partial charge < -0.3 is 11.1 Å². The quantitative estimate of drug-likeness (QED) is 0.824. The Morgan fingerprint density at radius 1 is 1.20 bits per heavy atom. The highest BCUT2D eigenvalue weighted by atomic mass is 16.1. The number of likely N-dealkylation sites (tertiary alicyclic amines) is 1. The maximum Gasteiger partial charge on any atom is 0.237 e. The molecule has 1 amide bonds. The Bertz CT molecular complexity index is 369. The summed E-state index contributed by atoms with van der Waals surface area (Å²) in [5.41, 5.74) is 5.33. The molecular weight excluding hydrogens is 250 g/mol. The second kappa shape index (κ2) is 5.64. The molecule has 4 nitrogen and oxygen atoms in total. The summed E-state index contributed by atoms with van der Waals surface area (Å²) in [7, 11) is 0. The number of nitrogens with one attached hydrogen (secondary N) is 1. The molecule has 3 atom stereocenters. The Morgan fingerprint density at radius 3 is 2.70 bits per heavy atom. The first kappa shape index (κ1) is 14.3. The Balaban J connectivity index is 1.68. The van der Waals surface area contributed by atoms with E-state index in [4.69, 9.17) is 5.73 Å². The SMILES string of the molecule is CC1CCCCCN1C1CCC(NC2CC2)(C(N)=O)C1. The Hall–Kier alpha value is -0.610. The van der Waals surface area contributed by atoms with Crippen molar-refractivity contribution in [2.75, 3.05) is 6.54 Å². The normalized spacial score (nSPS) is 39.6. The molecule has 3 fully saturated rings. The van der Waals surface area contributed by atoms with E-state index in [-0.39, 0.29) is 5.91 Å². The average molecular weight is 279 g/mol. The number of hydrogen-bond acceptors (Lipinski definition) is 3. The first-order valence-electron chi connectivity index (χ1n) is 8.44. The molecule has 1 saturated heterocycles. The van der Waals surface area contributed by atoms with E-state index in [0.717, 1.165) is 19.3 Å². The fourth-order valence-electron chi connectivity index (χ4n) is 4.19. The van der Waals surface area contributed by atoms with Crippen LogP contribution in [0.4, 0.5) is 0 Å². The summed E-state index contributed by atoms with van der Waals surface area (Å²) in [6.45, 7) is 3.55. The third-order valence-corrected chi connectivity index (χ3v) is 5.59. The van der Waals surface area contributed by atoms with E-state index in [1.807, 2.05) is 0 Å². The van der Waals surface area contributed by atoms with Crippen LogP contribution >= 0.6 is 0 Å². The van der Waals surface area contributed by atoms with Gasteiger partial charge in [0.2, 0.25) is 5.91 Å². The average Bonchev–Trinajstić information content (AvgIpc) is 3.15. The topological polar surface area (TPSA) is 58.4 Å². The molecule has 20 heavy (non-hydrogen) atoms. The van der Waals surface area contributed by atoms with Gasteiger partial charge in [-0.05, 0) is 58.4 Å². The minimum Gasteiger partial charge on any atom is -0.368 e. The van der Waals surface area contributed by atoms with Crippen molar-refractivity contribution in [3.8, 4) is 0 Å². The summed E-state index contributed by atoms with van der Waals surface area (Å²) in [5, 5.41) is 3.56. The highest BCUT2D eigenvalue weighted by Crippen LogP contribution is 2.37. The number of nitrogens with two attached hydrogens (primary N) is 1. The predicted molar refractivity (Wildman–Crippen MR) is 80.4 cm³/mol. The Labute approximate surface area is 122 Å². The lowest BCUT2D eigenvalue weighted by molar-refractivity contribution is -0.124. The minimum absolute atomic E-state index is 0.130. The highest BCUT2D eigenvalue weighted by Gasteiger charge is 2.48. The predicted octanol–water partition coefficient (Wildman–Crippen LogP) is 1.78. The molecule has 3 unspecified atom stereocenters. The fourth-order valence-corrected chi connectivity index (χ4v) is 4.19. The van der Waals surface area contributed by atoms with Gasteiger partial charge in [0.25, 0.3) is 0 Å². The molecular formula is C16H29N3O. The van der Waals surface area contributed by atoms with Crippen LogP contribution in [-0.2, 0) is 4.79 Å². The van der Waals surface area contributed by atoms with Gasteiger partial charge in [0.1, 0.15) is 0 Å². The van der Waals surface area contributed by atoms with E-state index in [2.05, 4.69) is 17.1 Å². The van der Waals surface area contributed by atoms with Gasteiger partial charge in [-0.25, -0.2) is 0 Å². The van der Waals surface area contributed by atoms with Gasteiger partial charge in [-0.2, -0.15) is 0 Å². The van der Waals surface area contributed by atoms with Gasteiger partial charge in [-0.1, -0.05) is 12.8 Å². The van der Waals surface area contributed by atoms with E-state index in [9.17, 15) is 4.79 Å². The zero-order valence-electron chi connectivity index (χ0n) is 12.7. The second-order valence-electron chi connectivity index (χ2n) is 7.20. The fraction of sp³-hybridized carbons (Fsp3) is 0.938. The summed E-state index contributed by atoms with van der Waals surface area (Å²) in [6.07, 6.45) is 10.7. The number of nitrogens with zero attached hydrogens (tertiary/aromatic N) is 1. The standard InChI is InChI=1S/C16H29N3O/c1-12-5-3-2-4-10-19(12)14-8-9-16(11-14,15(17)20)18-13-6-7-13/h12-14,18H,2-11H2,1H3,(H2,17,20). The van der Waals surface area contributed by atoms with Crippen molar-refractivity contribution in [1.29, 1.82) is 0 Å². The first-order valence-corrected chi connectivity index (χ1v) is 8.44. The van der Waals surface area contributed by atoms with Crippen molar-refractivity contribution in [3.63, 3.8) is 0 Å². The van der Waals surface area contributed by atoms with Gasteiger partial charge in [0.05, 0.1) is 5.54 Å². The maximum atomic E-state index is 12.0. The third-order valence-electron chi connectivity index (χ3n) is 5.59. The smallest absolute Gasteiger partial charge is 0.237 e. The van der Waals surface area contributed by atoms with Crippen molar-refractivity contribution >= 4 is 5.91 Å².